The Kier molecular flexibility index (Phi) is 6.03. The van der Waals surface area contributed by atoms with Crippen molar-refractivity contribution >= 4 is 17.6 Å². The van der Waals surface area contributed by atoms with Gasteiger partial charge in [0.25, 0.3) is 0 Å². The first-order chi connectivity index (χ1) is 9.47. The van der Waals surface area contributed by atoms with E-state index < -0.39 is 0 Å². The number of nitrogens with zero attached hydrogens (tertiary/aromatic N) is 1. The number of carbonyl (C=O) groups excluding carboxylic acids is 2. The molecule has 0 radical (unpaired) electrons. The second-order valence-electron chi connectivity index (χ2n) is 4.79. The molecular formula is C15H22N2O3. The van der Waals surface area contributed by atoms with Crippen molar-refractivity contribution < 1.29 is 14.3 Å². The van der Waals surface area contributed by atoms with Gasteiger partial charge in [0.05, 0.1) is 13.5 Å². The summed E-state index contributed by atoms with van der Waals surface area (Å²) in [6.45, 7) is 1.92. The van der Waals surface area contributed by atoms with E-state index in [2.05, 4.69) is 5.32 Å². The fourth-order valence-electron chi connectivity index (χ4n) is 1.72. The third kappa shape index (κ3) is 4.57. The van der Waals surface area contributed by atoms with Crippen molar-refractivity contribution in [2.24, 2.45) is 0 Å². The summed E-state index contributed by atoms with van der Waals surface area (Å²) in [6, 6.07) is 7.14. The molecule has 0 saturated carbocycles. The minimum Gasteiger partial charge on any atom is -0.467 e. The van der Waals surface area contributed by atoms with Crippen molar-refractivity contribution in [3.63, 3.8) is 0 Å². The van der Waals surface area contributed by atoms with Crippen molar-refractivity contribution in [1.29, 1.82) is 0 Å². The molecule has 1 amide bonds. The zero-order valence-electron chi connectivity index (χ0n) is 12.5. The summed E-state index contributed by atoms with van der Waals surface area (Å²) in [5, 5.41) is 3.11. The minimum absolute atomic E-state index is 0.0618. The van der Waals surface area contributed by atoms with Crippen molar-refractivity contribution in [1.82, 2.24) is 4.90 Å². The number of hydrogen-bond acceptors (Lipinski definition) is 4. The molecule has 0 aliphatic carbocycles. The molecule has 0 bridgehead atoms. The Hall–Kier alpha value is -2.04. The second kappa shape index (κ2) is 7.53. The molecule has 0 aliphatic rings. The molecule has 1 unspecified atom stereocenters. The minimum atomic E-state index is -0.353. The highest BCUT2D eigenvalue weighted by Gasteiger charge is 2.16. The smallest absolute Gasteiger partial charge is 0.328 e. The molecule has 0 heterocycles. The lowest BCUT2D eigenvalue weighted by atomic mass is 10.1. The first-order valence-electron chi connectivity index (χ1n) is 6.61. The van der Waals surface area contributed by atoms with Crippen LogP contribution in [0.5, 0.6) is 0 Å². The van der Waals surface area contributed by atoms with E-state index in [1.807, 2.05) is 31.2 Å². The maximum absolute atomic E-state index is 11.6. The van der Waals surface area contributed by atoms with Crippen LogP contribution in [-0.2, 0) is 20.7 Å². The van der Waals surface area contributed by atoms with Gasteiger partial charge in [-0.05, 0) is 24.1 Å². The average Bonchev–Trinajstić information content (AvgIpc) is 2.45. The van der Waals surface area contributed by atoms with Gasteiger partial charge in [-0.1, -0.05) is 19.1 Å². The fourth-order valence-corrected chi connectivity index (χ4v) is 1.72. The Morgan fingerprint density at radius 3 is 2.30 bits per heavy atom. The summed E-state index contributed by atoms with van der Waals surface area (Å²) in [4.78, 5) is 24.7. The number of anilines is 1. The van der Waals surface area contributed by atoms with E-state index in [-0.39, 0.29) is 17.9 Å². The molecule has 0 aromatic heterocycles. The normalized spacial score (nSPS) is 11.6. The van der Waals surface area contributed by atoms with Gasteiger partial charge in [-0.15, -0.1) is 0 Å². The molecule has 0 spiro atoms. The van der Waals surface area contributed by atoms with E-state index in [1.54, 1.807) is 19.0 Å². The van der Waals surface area contributed by atoms with Gasteiger partial charge in [0.15, 0.2) is 0 Å². The summed E-state index contributed by atoms with van der Waals surface area (Å²) >= 11 is 0. The molecule has 1 atom stereocenters. The van der Waals surface area contributed by atoms with Crippen LogP contribution in [0.1, 0.15) is 18.9 Å². The van der Waals surface area contributed by atoms with Crippen LogP contribution in [0.3, 0.4) is 0 Å². The lowest BCUT2D eigenvalue weighted by Gasteiger charge is -2.16. The average molecular weight is 278 g/mol. The predicted molar refractivity (Wildman–Crippen MR) is 78.6 cm³/mol. The number of methoxy groups -OCH3 is 1. The van der Waals surface area contributed by atoms with Gasteiger partial charge in [-0.3, -0.25) is 4.79 Å². The molecule has 1 N–H and O–H groups in total. The summed E-state index contributed by atoms with van der Waals surface area (Å²) in [7, 11) is 4.85. The molecule has 0 aliphatic heterocycles. The Balaban J connectivity index is 2.66. The summed E-state index contributed by atoms with van der Waals surface area (Å²) in [5.74, 6) is -0.217. The molecule has 110 valence electrons. The van der Waals surface area contributed by atoms with E-state index in [0.717, 1.165) is 11.3 Å². The maximum Gasteiger partial charge on any atom is 0.328 e. The SMILES string of the molecule is CCC(Nc1ccc(CC(=O)N(C)C)cc1)C(=O)OC. The highest BCUT2D eigenvalue weighted by atomic mass is 16.5. The van der Waals surface area contributed by atoms with Gasteiger partial charge in [0.1, 0.15) is 6.04 Å². The summed E-state index contributed by atoms with van der Waals surface area (Å²) in [5.41, 5.74) is 1.78. The standard InChI is InChI=1S/C15H22N2O3/c1-5-13(15(19)20-4)16-12-8-6-11(7-9-12)10-14(18)17(2)3/h6-9,13,16H,5,10H2,1-4H3. The number of likely N-dealkylation sites (N-methyl/N-ethyl adjacent to an activating group) is 1. The number of carbonyl (C=O) groups is 2. The van der Waals surface area contributed by atoms with Gasteiger partial charge in [-0.25, -0.2) is 4.79 Å². The fraction of sp³-hybridized carbons (Fsp3) is 0.467. The number of hydrogen-bond donors (Lipinski definition) is 1. The second-order valence-corrected chi connectivity index (χ2v) is 4.79. The monoisotopic (exact) mass is 278 g/mol. The van der Waals surface area contributed by atoms with Crippen LogP contribution < -0.4 is 5.32 Å². The number of nitrogens with one attached hydrogen (secondary N) is 1. The van der Waals surface area contributed by atoms with E-state index in [4.69, 9.17) is 4.74 Å². The van der Waals surface area contributed by atoms with Crippen LogP contribution in [-0.4, -0.2) is 44.0 Å². The molecule has 5 nitrogen and oxygen atoms in total. The van der Waals surface area contributed by atoms with E-state index in [0.29, 0.717) is 12.8 Å². The molecule has 5 heteroatoms. The zero-order chi connectivity index (χ0) is 15.1. The van der Waals surface area contributed by atoms with Crippen LogP contribution in [0.15, 0.2) is 24.3 Å². The third-order valence-electron chi connectivity index (χ3n) is 3.04. The van der Waals surface area contributed by atoms with Gasteiger partial charge in [-0.2, -0.15) is 0 Å². The lowest BCUT2D eigenvalue weighted by Crippen LogP contribution is -2.29. The highest BCUT2D eigenvalue weighted by Crippen LogP contribution is 2.13. The lowest BCUT2D eigenvalue weighted by molar-refractivity contribution is -0.141. The maximum atomic E-state index is 11.6. The molecular weight excluding hydrogens is 256 g/mol. The number of amides is 1. The Bertz CT molecular complexity index is 455. The number of esters is 1. The summed E-state index contributed by atoms with van der Waals surface area (Å²) < 4.78 is 4.73. The quantitative estimate of drug-likeness (QED) is 0.804. The van der Waals surface area contributed by atoms with E-state index >= 15 is 0 Å². The Morgan fingerprint density at radius 1 is 1.25 bits per heavy atom. The van der Waals surface area contributed by atoms with Gasteiger partial charge in [0.2, 0.25) is 5.91 Å². The Morgan fingerprint density at radius 2 is 1.85 bits per heavy atom. The zero-order valence-corrected chi connectivity index (χ0v) is 12.5. The van der Waals surface area contributed by atoms with Crippen LogP contribution in [0, 0.1) is 0 Å². The van der Waals surface area contributed by atoms with Gasteiger partial charge < -0.3 is 15.0 Å². The van der Waals surface area contributed by atoms with Crippen molar-refractivity contribution in [3.05, 3.63) is 29.8 Å². The molecule has 20 heavy (non-hydrogen) atoms. The largest absolute Gasteiger partial charge is 0.467 e. The van der Waals surface area contributed by atoms with Crippen LogP contribution in [0.4, 0.5) is 5.69 Å². The summed E-state index contributed by atoms with van der Waals surface area (Å²) in [6.07, 6.45) is 1.02. The molecule has 1 rings (SSSR count). The van der Waals surface area contributed by atoms with Crippen LogP contribution >= 0.6 is 0 Å². The number of ether oxygens (including phenoxy) is 1. The third-order valence-corrected chi connectivity index (χ3v) is 3.04. The van der Waals surface area contributed by atoms with E-state index in [9.17, 15) is 9.59 Å². The van der Waals surface area contributed by atoms with Crippen LogP contribution in [0.2, 0.25) is 0 Å². The number of benzene rings is 1. The van der Waals surface area contributed by atoms with Crippen molar-refractivity contribution in [2.75, 3.05) is 26.5 Å². The van der Waals surface area contributed by atoms with Gasteiger partial charge in [0, 0.05) is 19.8 Å². The van der Waals surface area contributed by atoms with Gasteiger partial charge >= 0.3 is 5.97 Å². The highest BCUT2D eigenvalue weighted by molar-refractivity contribution is 5.80. The molecule has 1 aromatic carbocycles. The molecule has 0 saturated heterocycles. The van der Waals surface area contributed by atoms with Crippen LogP contribution in [0.25, 0.3) is 0 Å². The first-order valence-corrected chi connectivity index (χ1v) is 6.61. The number of rotatable bonds is 6. The van der Waals surface area contributed by atoms with E-state index in [1.165, 1.54) is 7.11 Å². The Labute approximate surface area is 119 Å². The van der Waals surface area contributed by atoms with Crippen molar-refractivity contribution in [3.8, 4) is 0 Å². The topological polar surface area (TPSA) is 58.6 Å². The first kappa shape index (κ1) is 16.0. The molecule has 0 fully saturated rings. The molecule has 1 aromatic rings. The van der Waals surface area contributed by atoms with Crippen molar-refractivity contribution in [2.45, 2.75) is 25.8 Å². The predicted octanol–water partition coefficient (Wildman–Crippen LogP) is 1.68.